The van der Waals surface area contributed by atoms with E-state index in [4.69, 9.17) is 9.84 Å². The molecule has 3 rings (SSSR count). The van der Waals surface area contributed by atoms with Crippen LogP contribution in [0.25, 0.3) is 0 Å². The highest BCUT2D eigenvalue weighted by atomic mass is 16.5. The first-order valence-corrected chi connectivity index (χ1v) is 8.68. The van der Waals surface area contributed by atoms with Crippen molar-refractivity contribution in [2.75, 3.05) is 5.32 Å². The van der Waals surface area contributed by atoms with Crippen LogP contribution >= 0.6 is 0 Å². The molecule has 1 aliphatic carbocycles. The first-order valence-electron chi connectivity index (χ1n) is 8.68. The summed E-state index contributed by atoms with van der Waals surface area (Å²) in [6, 6.07) is 9.22. The molecule has 2 N–H and O–H groups in total. The van der Waals surface area contributed by atoms with Gasteiger partial charge in [-0.1, -0.05) is 12.1 Å². The lowest BCUT2D eigenvalue weighted by Crippen LogP contribution is -2.22. The van der Waals surface area contributed by atoms with Crippen molar-refractivity contribution in [2.45, 2.75) is 33.1 Å². The number of aryl methyl sites for hydroxylation is 1. The smallest absolute Gasteiger partial charge is 0.306 e. The van der Waals surface area contributed by atoms with E-state index in [-0.39, 0.29) is 11.8 Å². The third kappa shape index (κ3) is 3.85. The van der Waals surface area contributed by atoms with Crippen molar-refractivity contribution in [2.24, 2.45) is 11.8 Å². The van der Waals surface area contributed by atoms with E-state index in [1.54, 1.807) is 18.3 Å². The highest BCUT2D eigenvalue weighted by molar-refractivity contribution is 5.94. The summed E-state index contributed by atoms with van der Waals surface area (Å²) in [7, 11) is 0. The number of carbonyl (C=O) groups excluding carboxylic acids is 1. The Morgan fingerprint density at radius 2 is 1.92 bits per heavy atom. The van der Waals surface area contributed by atoms with Gasteiger partial charge in [0, 0.05) is 12.1 Å². The van der Waals surface area contributed by atoms with E-state index in [2.05, 4.69) is 10.3 Å². The quantitative estimate of drug-likeness (QED) is 0.849. The second-order valence-corrected chi connectivity index (χ2v) is 6.69. The Hall–Kier alpha value is -2.89. The van der Waals surface area contributed by atoms with Crippen molar-refractivity contribution in [3.63, 3.8) is 0 Å². The van der Waals surface area contributed by atoms with Crippen LogP contribution in [0.15, 0.2) is 36.5 Å². The molecule has 1 fully saturated rings. The van der Waals surface area contributed by atoms with Gasteiger partial charge in [-0.05, 0) is 62.4 Å². The van der Waals surface area contributed by atoms with Gasteiger partial charge in [-0.25, -0.2) is 4.98 Å². The molecule has 0 unspecified atom stereocenters. The highest BCUT2D eigenvalue weighted by Crippen LogP contribution is 2.34. The number of ether oxygens (including phenoxy) is 1. The molecule has 1 aromatic carbocycles. The number of nitrogens with zero attached hydrogens (tertiary/aromatic N) is 1. The Morgan fingerprint density at radius 3 is 2.65 bits per heavy atom. The molecule has 0 spiro atoms. The second kappa shape index (κ2) is 7.56. The number of nitrogens with one attached hydrogen (secondary N) is 1. The predicted octanol–water partition coefficient (Wildman–Crippen LogP) is 3.93. The van der Waals surface area contributed by atoms with Gasteiger partial charge in [0.05, 0.1) is 5.92 Å². The molecule has 6 nitrogen and oxygen atoms in total. The summed E-state index contributed by atoms with van der Waals surface area (Å²) in [6.07, 6.45) is 3.09. The lowest BCUT2D eigenvalue weighted by atomic mass is 10.0. The van der Waals surface area contributed by atoms with Crippen LogP contribution < -0.4 is 10.1 Å². The van der Waals surface area contributed by atoms with Crippen LogP contribution in [0.1, 0.15) is 30.4 Å². The zero-order chi connectivity index (χ0) is 18.7. The van der Waals surface area contributed by atoms with Crippen molar-refractivity contribution in [1.29, 1.82) is 0 Å². The molecule has 1 aliphatic rings. The number of carboxylic acids is 1. The van der Waals surface area contributed by atoms with Crippen LogP contribution in [0.4, 0.5) is 5.69 Å². The molecule has 1 aromatic heterocycles. The van der Waals surface area contributed by atoms with E-state index in [9.17, 15) is 9.59 Å². The zero-order valence-corrected chi connectivity index (χ0v) is 14.9. The van der Waals surface area contributed by atoms with Gasteiger partial charge in [-0.15, -0.1) is 0 Å². The Morgan fingerprint density at radius 1 is 1.15 bits per heavy atom. The fraction of sp³-hybridized carbons (Fsp3) is 0.350. The average Bonchev–Trinajstić information content (AvgIpc) is 3.11. The molecule has 1 saturated carbocycles. The van der Waals surface area contributed by atoms with E-state index >= 15 is 0 Å². The summed E-state index contributed by atoms with van der Waals surface area (Å²) in [6.45, 7) is 3.97. The molecule has 6 heteroatoms. The van der Waals surface area contributed by atoms with Crippen LogP contribution in [0, 0.1) is 25.7 Å². The largest absolute Gasteiger partial charge is 0.481 e. The van der Waals surface area contributed by atoms with E-state index in [0.29, 0.717) is 36.6 Å². The lowest BCUT2D eigenvalue weighted by Gasteiger charge is -2.15. The Kier molecular flexibility index (Phi) is 5.21. The van der Waals surface area contributed by atoms with Crippen molar-refractivity contribution < 1.29 is 19.4 Å². The maximum atomic E-state index is 12.5. The minimum Gasteiger partial charge on any atom is -0.481 e. The maximum Gasteiger partial charge on any atom is 0.306 e. The van der Waals surface area contributed by atoms with Crippen LogP contribution in [-0.4, -0.2) is 22.0 Å². The normalized spacial score (nSPS) is 19.2. The molecule has 2 atom stereocenters. The van der Waals surface area contributed by atoms with Crippen LogP contribution in [0.2, 0.25) is 0 Å². The van der Waals surface area contributed by atoms with Gasteiger partial charge in [0.1, 0.15) is 11.4 Å². The van der Waals surface area contributed by atoms with Crippen LogP contribution in [0.5, 0.6) is 11.6 Å². The van der Waals surface area contributed by atoms with Gasteiger partial charge in [-0.2, -0.15) is 0 Å². The van der Waals surface area contributed by atoms with E-state index in [0.717, 1.165) is 11.1 Å². The molecule has 0 saturated heterocycles. The summed E-state index contributed by atoms with van der Waals surface area (Å²) in [5.41, 5.74) is 2.60. The summed E-state index contributed by atoms with van der Waals surface area (Å²) in [4.78, 5) is 27.8. The summed E-state index contributed by atoms with van der Waals surface area (Å²) in [5, 5.41) is 11.9. The van der Waals surface area contributed by atoms with Gasteiger partial charge in [0.15, 0.2) is 0 Å². The number of amides is 1. The average molecular weight is 354 g/mol. The standard InChI is InChI=1S/C20H22N2O4/c1-12-5-3-7-17(13(12)2)26-19-16(6-4-10-21-19)22-18(23)14-8-9-15(11-14)20(24)25/h3-7,10,14-15H,8-9,11H2,1-2H3,(H,22,23)(H,24,25)/t14-,15+/m1/s1. The summed E-state index contributed by atoms with van der Waals surface area (Å²) in [5.74, 6) is -0.753. The number of rotatable bonds is 5. The summed E-state index contributed by atoms with van der Waals surface area (Å²) < 4.78 is 5.92. The first kappa shape index (κ1) is 17.9. The third-order valence-electron chi connectivity index (χ3n) is 4.94. The lowest BCUT2D eigenvalue weighted by molar-refractivity contribution is -0.141. The molecule has 26 heavy (non-hydrogen) atoms. The van der Waals surface area contributed by atoms with E-state index in [1.807, 2.05) is 32.0 Å². The Bertz CT molecular complexity index is 834. The van der Waals surface area contributed by atoms with E-state index in [1.165, 1.54) is 0 Å². The fourth-order valence-corrected chi connectivity index (χ4v) is 3.18. The molecule has 0 aliphatic heterocycles. The number of carboxylic acid groups (broad SMARTS) is 1. The molecule has 1 heterocycles. The Labute approximate surface area is 152 Å². The number of aliphatic carboxylic acids is 1. The number of pyridine rings is 1. The number of aromatic nitrogens is 1. The number of anilines is 1. The van der Waals surface area contributed by atoms with Crippen molar-refractivity contribution >= 4 is 17.6 Å². The van der Waals surface area contributed by atoms with Gasteiger partial charge < -0.3 is 15.2 Å². The minimum atomic E-state index is -0.833. The van der Waals surface area contributed by atoms with Gasteiger partial charge in [0.25, 0.3) is 0 Å². The molecule has 0 radical (unpaired) electrons. The van der Waals surface area contributed by atoms with E-state index < -0.39 is 11.9 Å². The zero-order valence-electron chi connectivity index (χ0n) is 14.9. The SMILES string of the molecule is Cc1cccc(Oc2ncccc2NC(=O)[C@@H]2CC[C@H](C(=O)O)C2)c1C. The number of carbonyl (C=O) groups is 2. The molecule has 0 bridgehead atoms. The van der Waals surface area contributed by atoms with Crippen LogP contribution in [0.3, 0.4) is 0 Å². The third-order valence-corrected chi connectivity index (χ3v) is 4.94. The minimum absolute atomic E-state index is 0.187. The number of benzene rings is 1. The topological polar surface area (TPSA) is 88.5 Å². The number of hydrogen-bond donors (Lipinski definition) is 2. The molecular formula is C20H22N2O4. The van der Waals surface area contributed by atoms with Crippen molar-refractivity contribution in [3.8, 4) is 11.6 Å². The monoisotopic (exact) mass is 354 g/mol. The van der Waals surface area contributed by atoms with Gasteiger partial charge >= 0.3 is 5.97 Å². The van der Waals surface area contributed by atoms with Gasteiger partial charge in [-0.3, -0.25) is 9.59 Å². The fourth-order valence-electron chi connectivity index (χ4n) is 3.18. The van der Waals surface area contributed by atoms with Crippen molar-refractivity contribution in [1.82, 2.24) is 4.98 Å². The molecule has 1 amide bonds. The van der Waals surface area contributed by atoms with Crippen LogP contribution in [-0.2, 0) is 9.59 Å². The molecular weight excluding hydrogens is 332 g/mol. The molecule has 136 valence electrons. The second-order valence-electron chi connectivity index (χ2n) is 6.69. The highest BCUT2D eigenvalue weighted by Gasteiger charge is 2.34. The van der Waals surface area contributed by atoms with Gasteiger partial charge in [0.2, 0.25) is 11.8 Å². The maximum absolute atomic E-state index is 12.5. The number of hydrogen-bond acceptors (Lipinski definition) is 4. The molecule has 2 aromatic rings. The summed E-state index contributed by atoms with van der Waals surface area (Å²) >= 11 is 0. The first-order chi connectivity index (χ1) is 12.5. The van der Waals surface area contributed by atoms with Crippen molar-refractivity contribution in [3.05, 3.63) is 47.7 Å². The predicted molar refractivity (Wildman–Crippen MR) is 97.3 cm³/mol. The Balaban J connectivity index is 1.74.